The first-order valence-electron chi connectivity index (χ1n) is 5.55. The van der Waals surface area contributed by atoms with Gasteiger partial charge in [-0.15, -0.1) is 0 Å². The van der Waals surface area contributed by atoms with Crippen molar-refractivity contribution < 1.29 is 5.11 Å². The molecule has 1 atom stereocenters. The highest BCUT2D eigenvalue weighted by atomic mass is 16.3. The average Bonchev–Trinajstić information content (AvgIpc) is 2.66. The van der Waals surface area contributed by atoms with E-state index in [2.05, 4.69) is 35.8 Å². The molecular formula is C14H17NO. The number of aryl methyl sites for hydroxylation is 1. The lowest BCUT2D eigenvalue weighted by atomic mass is 10.1. The maximum atomic E-state index is 9.61. The van der Waals surface area contributed by atoms with Gasteiger partial charge in [0.2, 0.25) is 0 Å². The van der Waals surface area contributed by atoms with Crippen LogP contribution in [0.2, 0.25) is 0 Å². The van der Waals surface area contributed by atoms with Crippen LogP contribution in [0.5, 0.6) is 0 Å². The molecule has 16 heavy (non-hydrogen) atoms. The Hall–Kier alpha value is -1.54. The minimum atomic E-state index is -0.417. The van der Waals surface area contributed by atoms with Crippen molar-refractivity contribution in [3.63, 3.8) is 0 Å². The van der Waals surface area contributed by atoms with Crippen LogP contribution in [-0.2, 0) is 6.54 Å². The monoisotopic (exact) mass is 215 g/mol. The molecule has 0 fully saturated rings. The third kappa shape index (κ3) is 2.34. The second kappa shape index (κ2) is 4.54. The number of hydrogen-bond acceptors (Lipinski definition) is 1. The quantitative estimate of drug-likeness (QED) is 0.836. The molecule has 0 aliphatic heterocycles. The molecule has 0 bridgehead atoms. The zero-order chi connectivity index (χ0) is 11.5. The van der Waals surface area contributed by atoms with E-state index in [1.165, 1.54) is 11.1 Å². The third-order valence-corrected chi connectivity index (χ3v) is 2.73. The second-order valence-electron chi connectivity index (χ2n) is 4.23. The molecule has 2 heteroatoms. The van der Waals surface area contributed by atoms with Gasteiger partial charge in [-0.2, -0.15) is 0 Å². The van der Waals surface area contributed by atoms with Crippen LogP contribution >= 0.6 is 0 Å². The van der Waals surface area contributed by atoms with E-state index in [0.717, 1.165) is 12.2 Å². The average molecular weight is 215 g/mol. The molecule has 1 aromatic carbocycles. The minimum Gasteiger partial charge on any atom is -0.387 e. The molecule has 1 unspecified atom stereocenters. The van der Waals surface area contributed by atoms with Gasteiger partial charge in [0.15, 0.2) is 0 Å². The van der Waals surface area contributed by atoms with Crippen molar-refractivity contribution in [2.24, 2.45) is 0 Å². The van der Waals surface area contributed by atoms with Crippen LogP contribution in [0.3, 0.4) is 0 Å². The Bertz CT molecular complexity index is 471. The van der Waals surface area contributed by atoms with Crippen LogP contribution < -0.4 is 0 Å². The number of aliphatic hydroxyl groups is 1. The Morgan fingerprint density at radius 2 is 2.06 bits per heavy atom. The summed E-state index contributed by atoms with van der Waals surface area (Å²) in [6.07, 6.45) is 1.59. The lowest BCUT2D eigenvalue weighted by Gasteiger charge is -2.11. The Kier molecular flexibility index (Phi) is 3.11. The molecule has 1 aromatic heterocycles. The molecule has 2 nitrogen and oxygen atoms in total. The van der Waals surface area contributed by atoms with E-state index >= 15 is 0 Å². The van der Waals surface area contributed by atoms with Gasteiger partial charge in [-0.1, -0.05) is 29.8 Å². The SMILES string of the molecule is Cc1cccc(Cn2cccc2C(C)O)c1. The molecule has 0 radical (unpaired) electrons. The Morgan fingerprint density at radius 3 is 2.75 bits per heavy atom. The molecule has 0 aliphatic carbocycles. The molecule has 0 spiro atoms. The van der Waals surface area contributed by atoms with E-state index in [0.29, 0.717) is 0 Å². The fraction of sp³-hybridized carbons (Fsp3) is 0.286. The highest BCUT2D eigenvalue weighted by Gasteiger charge is 2.06. The van der Waals surface area contributed by atoms with Gasteiger partial charge in [0.05, 0.1) is 6.10 Å². The van der Waals surface area contributed by atoms with E-state index in [-0.39, 0.29) is 0 Å². The molecule has 2 aromatic rings. The van der Waals surface area contributed by atoms with Crippen LogP contribution in [0.15, 0.2) is 42.6 Å². The number of aliphatic hydroxyl groups excluding tert-OH is 1. The van der Waals surface area contributed by atoms with Gasteiger partial charge in [-0.05, 0) is 31.5 Å². The topological polar surface area (TPSA) is 25.2 Å². The lowest BCUT2D eigenvalue weighted by molar-refractivity contribution is 0.190. The standard InChI is InChI=1S/C14H17NO/c1-11-5-3-6-13(9-11)10-15-8-4-7-14(15)12(2)16/h3-9,12,16H,10H2,1-2H3. The largest absolute Gasteiger partial charge is 0.387 e. The summed E-state index contributed by atoms with van der Waals surface area (Å²) in [7, 11) is 0. The summed E-state index contributed by atoms with van der Waals surface area (Å²) in [6.45, 7) is 4.70. The fourth-order valence-electron chi connectivity index (χ4n) is 1.96. The predicted molar refractivity (Wildman–Crippen MR) is 65.3 cm³/mol. The van der Waals surface area contributed by atoms with Gasteiger partial charge in [-0.3, -0.25) is 0 Å². The molecule has 0 aliphatic rings. The second-order valence-corrected chi connectivity index (χ2v) is 4.23. The number of benzene rings is 1. The molecule has 84 valence electrons. The van der Waals surface area contributed by atoms with E-state index in [9.17, 15) is 5.11 Å². The van der Waals surface area contributed by atoms with Crippen LogP contribution in [0, 0.1) is 6.92 Å². The molecule has 0 saturated carbocycles. The maximum Gasteiger partial charge on any atom is 0.0911 e. The molecular weight excluding hydrogens is 198 g/mol. The minimum absolute atomic E-state index is 0.417. The van der Waals surface area contributed by atoms with Crippen LogP contribution in [-0.4, -0.2) is 9.67 Å². The zero-order valence-corrected chi connectivity index (χ0v) is 9.72. The Morgan fingerprint density at radius 1 is 1.25 bits per heavy atom. The predicted octanol–water partition coefficient (Wildman–Crippen LogP) is 2.90. The van der Waals surface area contributed by atoms with E-state index in [1.54, 1.807) is 6.92 Å². The Balaban J connectivity index is 2.24. The molecule has 0 saturated heterocycles. The normalized spacial score (nSPS) is 12.7. The summed E-state index contributed by atoms with van der Waals surface area (Å²) in [6, 6.07) is 12.4. The van der Waals surface area contributed by atoms with Crippen molar-refractivity contribution in [1.29, 1.82) is 0 Å². The van der Waals surface area contributed by atoms with E-state index < -0.39 is 6.10 Å². The number of hydrogen-bond donors (Lipinski definition) is 1. The first-order chi connectivity index (χ1) is 7.66. The van der Waals surface area contributed by atoms with Crippen molar-refractivity contribution in [2.45, 2.75) is 26.5 Å². The van der Waals surface area contributed by atoms with Gasteiger partial charge >= 0.3 is 0 Å². The van der Waals surface area contributed by atoms with Crippen molar-refractivity contribution >= 4 is 0 Å². The maximum absolute atomic E-state index is 9.61. The summed E-state index contributed by atoms with van der Waals surface area (Å²) < 4.78 is 2.08. The molecule has 0 amide bonds. The first kappa shape index (κ1) is 11.0. The van der Waals surface area contributed by atoms with Gasteiger partial charge in [-0.25, -0.2) is 0 Å². The van der Waals surface area contributed by atoms with Crippen molar-refractivity contribution in [3.05, 3.63) is 59.4 Å². The van der Waals surface area contributed by atoms with Gasteiger partial charge in [0, 0.05) is 18.4 Å². The van der Waals surface area contributed by atoms with Gasteiger partial charge in [0.25, 0.3) is 0 Å². The summed E-state index contributed by atoms with van der Waals surface area (Å²) in [5.41, 5.74) is 3.49. The summed E-state index contributed by atoms with van der Waals surface area (Å²) >= 11 is 0. The lowest BCUT2D eigenvalue weighted by Crippen LogP contribution is -2.05. The summed E-state index contributed by atoms with van der Waals surface area (Å²) in [5.74, 6) is 0. The fourth-order valence-corrected chi connectivity index (χ4v) is 1.96. The smallest absolute Gasteiger partial charge is 0.0911 e. The number of rotatable bonds is 3. The summed E-state index contributed by atoms with van der Waals surface area (Å²) in [5, 5.41) is 9.61. The Labute approximate surface area is 96.2 Å². The van der Waals surface area contributed by atoms with Gasteiger partial charge in [0.1, 0.15) is 0 Å². The van der Waals surface area contributed by atoms with E-state index in [1.807, 2.05) is 18.3 Å². The number of aromatic nitrogens is 1. The van der Waals surface area contributed by atoms with E-state index in [4.69, 9.17) is 0 Å². The molecule has 1 N–H and O–H groups in total. The molecule has 2 rings (SSSR count). The summed E-state index contributed by atoms with van der Waals surface area (Å²) in [4.78, 5) is 0. The van der Waals surface area contributed by atoms with Crippen LogP contribution in [0.25, 0.3) is 0 Å². The zero-order valence-electron chi connectivity index (χ0n) is 9.72. The van der Waals surface area contributed by atoms with Crippen LogP contribution in [0.1, 0.15) is 29.8 Å². The number of nitrogens with zero attached hydrogens (tertiary/aromatic N) is 1. The van der Waals surface area contributed by atoms with Crippen molar-refractivity contribution in [1.82, 2.24) is 4.57 Å². The van der Waals surface area contributed by atoms with Crippen molar-refractivity contribution in [2.75, 3.05) is 0 Å². The van der Waals surface area contributed by atoms with Gasteiger partial charge < -0.3 is 9.67 Å². The third-order valence-electron chi connectivity index (χ3n) is 2.73. The highest BCUT2D eigenvalue weighted by molar-refractivity contribution is 5.23. The highest BCUT2D eigenvalue weighted by Crippen LogP contribution is 2.15. The van der Waals surface area contributed by atoms with Crippen LogP contribution in [0.4, 0.5) is 0 Å². The first-order valence-corrected chi connectivity index (χ1v) is 5.55. The van der Waals surface area contributed by atoms with Crippen molar-refractivity contribution in [3.8, 4) is 0 Å². The molecule has 1 heterocycles.